The number of nitrogen functional groups attached to an aromatic ring is 1. The number of rotatable bonds is 7. The zero-order valence-corrected chi connectivity index (χ0v) is 12.1. The lowest BCUT2D eigenvalue weighted by molar-refractivity contribution is 0.118. The molecule has 1 unspecified atom stereocenters. The molecule has 0 spiro atoms. The van der Waals surface area contributed by atoms with Crippen LogP contribution in [-0.2, 0) is 11.3 Å². The third-order valence-electron chi connectivity index (χ3n) is 3.47. The molecule has 1 rings (SSSR count). The van der Waals surface area contributed by atoms with Crippen LogP contribution in [0.1, 0.15) is 31.4 Å². The maximum absolute atomic E-state index is 6.05. The monoisotopic (exact) mass is 250 g/mol. The first-order valence-corrected chi connectivity index (χ1v) is 6.66. The van der Waals surface area contributed by atoms with Gasteiger partial charge in [-0.1, -0.05) is 24.6 Å². The lowest BCUT2D eigenvalue weighted by atomic mass is 10.1. The molecule has 1 aromatic carbocycles. The highest BCUT2D eigenvalue weighted by atomic mass is 16.5. The molecular formula is C15H26N2O. The van der Waals surface area contributed by atoms with Crippen molar-refractivity contribution in [2.75, 3.05) is 26.0 Å². The van der Waals surface area contributed by atoms with Gasteiger partial charge in [0.25, 0.3) is 0 Å². The first-order valence-electron chi connectivity index (χ1n) is 6.66. The summed E-state index contributed by atoms with van der Waals surface area (Å²) in [4.78, 5) is 2.43. The Balaban J connectivity index is 2.77. The average Bonchev–Trinajstić information content (AvgIpc) is 2.37. The summed E-state index contributed by atoms with van der Waals surface area (Å²) in [5.74, 6) is 0. The second kappa shape index (κ2) is 7.39. The maximum atomic E-state index is 6.05. The summed E-state index contributed by atoms with van der Waals surface area (Å²) in [5, 5.41) is 0. The molecule has 0 radical (unpaired) electrons. The Kier molecular flexibility index (Phi) is 6.16. The van der Waals surface area contributed by atoms with Crippen LogP contribution in [-0.4, -0.2) is 31.2 Å². The molecule has 2 N–H and O–H groups in total. The van der Waals surface area contributed by atoms with Gasteiger partial charge in [0.2, 0.25) is 0 Å². The third kappa shape index (κ3) is 4.31. The zero-order valence-electron chi connectivity index (χ0n) is 12.1. The quantitative estimate of drug-likeness (QED) is 0.756. The van der Waals surface area contributed by atoms with E-state index in [-0.39, 0.29) is 0 Å². The number of methoxy groups -OCH3 is 1. The summed E-state index contributed by atoms with van der Waals surface area (Å²) in [6, 6.07) is 6.77. The van der Waals surface area contributed by atoms with Gasteiger partial charge < -0.3 is 10.5 Å². The minimum Gasteiger partial charge on any atom is -0.398 e. The minimum absolute atomic E-state index is 0.542. The largest absolute Gasteiger partial charge is 0.398 e. The fourth-order valence-corrected chi connectivity index (χ4v) is 2.01. The molecule has 3 nitrogen and oxygen atoms in total. The molecule has 0 bridgehead atoms. The van der Waals surface area contributed by atoms with Crippen molar-refractivity contribution in [3.8, 4) is 0 Å². The maximum Gasteiger partial charge on any atom is 0.0589 e. The van der Waals surface area contributed by atoms with Gasteiger partial charge in [0.1, 0.15) is 0 Å². The summed E-state index contributed by atoms with van der Waals surface area (Å²) < 4.78 is 5.19. The van der Waals surface area contributed by atoms with Gasteiger partial charge in [-0.3, -0.25) is 4.90 Å². The van der Waals surface area contributed by atoms with E-state index in [1.165, 1.54) is 11.1 Å². The first kappa shape index (κ1) is 15.0. The Morgan fingerprint density at radius 3 is 2.72 bits per heavy atom. The summed E-state index contributed by atoms with van der Waals surface area (Å²) in [5.41, 5.74) is 9.40. The molecular weight excluding hydrogens is 224 g/mol. The molecule has 3 heteroatoms. The normalized spacial score (nSPS) is 12.9. The van der Waals surface area contributed by atoms with E-state index < -0.39 is 0 Å². The number of nitrogens with two attached hydrogens (primary N) is 1. The van der Waals surface area contributed by atoms with Crippen LogP contribution in [0.25, 0.3) is 0 Å². The average molecular weight is 250 g/mol. The van der Waals surface area contributed by atoms with E-state index in [1.54, 1.807) is 7.11 Å². The van der Waals surface area contributed by atoms with Crippen LogP contribution in [0.15, 0.2) is 18.2 Å². The number of anilines is 1. The van der Waals surface area contributed by atoms with Gasteiger partial charge in [-0.05, 0) is 31.9 Å². The van der Waals surface area contributed by atoms with Gasteiger partial charge in [0, 0.05) is 31.9 Å². The molecule has 0 aromatic heterocycles. The van der Waals surface area contributed by atoms with E-state index in [1.807, 2.05) is 6.07 Å². The Morgan fingerprint density at radius 1 is 1.39 bits per heavy atom. The van der Waals surface area contributed by atoms with Crippen LogP contribution < -0.4 is 5.73 Å². The van der Waals surface area contributed by atoms with E-state index in [9.17, 15) is 0 Å². The van der Waals surface area contributed by atoms with Crippen molar-refractivity contribution in [2.24, 2.45) is 0 Å². The van der Waals surface area contributed by atoms with Crippen LogP contribution in [0.5, 0.6) is 0 Å². The third-order valence-corrected chi connectivity index (χ3v) is 3.47. The first-order chi connectivity index (χ1) is 8.58. The second-order valence-electron chi connectivity index (χ2n) is 4.92. The molecule has 0 aliphatic carbocycles. The Morgan fingerprint density at radius 2 is 2.11 bits per heavy atom. The molecule has 0 saturated carbocycles. The van der Waals surface area contributed by atoms with E-state index in [0.717, 1.165) is 31.8 Å². The molecule has 0 saturated heterocycles. The molecule has 18 heavy (non-hydrogen) atoms. The van der Waals surface area contributed by atoms with Crippen molar-refractivity contribution in [1.82, 2.24) is 4.90 Å². The van der Waals surface area contributed by atoms with Gasteiger partial charge in [-0.15, -0.1) is 0 Å². The van der Waals surface area contributed by atoms with E-state index in [4.69, 9.17) is 10.5 Å². The SMILES string of the molecule is CCC(C)N(CCOC)Cc1cc(C)ccc1N. The number of benzene rings is 1. The van der Waals surface area contributed by atoms with Gasteiger partial charge in [0.05, 0.1) is 6.61 Å². The molecule has 1 aromatic rings. The van der Waals surface area contributed by atoms with Crippen LogP contribution in [0.3, 0.4) is 0 Å². The topological polar surface area (TPSA) is 38.5 Å². The molecule has 0 amide bonds. The highest BCUT2D eigenvalue weighted by Crippen LogP contribution is 2.18. The van der Waals surface area contributed by atoms with E-state index in [0.29, 0.717) is 6.04 Å². The van der Waals surface area contributed by atoms with Crippen molar-refractivity contribution < 1.29 is 4.74 Å². The predicted molar refractivity (Wildman–Crippen MR) is 77.6 cm³/mol. The fraction of sp³-hybridized carbons (Fsp3) is 0.600. The molecule has 0 aliphatic rings. The molecule has 0 fully saturated rings. The summed E-state index contributed by atoms with van der Waals surface area (Å²) in [7, 11) is 1.75. The molecule has 1 atom stereocenters. The van der Waals surface area contributed by atoms with Crippen molar-refractivity contribution in [1.29, 1.82) is 0 Å². The molecule has 0 aliphatic heterocycles. The van der Waals surface area contributed by atoms with Gasteiger partial charge in [-0.2, -0.15) is 0 Å². The number of nitrogens with zero attached hydrogens (tertiary/aromatic N) is 1. The number of aryl methyl sites for hydroxylation is 1. The van der Waals surface area contributed by atoms with Crippen LogP contribution in [0.4, 0.5) is 5.69 Å². The van der Waals surface area contributed by atoms with E-state index >= 15 is 0 Å². The van der Waals surface area contributed by atoms with Crippen LogP contribution >= 0.6 is 0 Å². The minimum atomic E-state index is 0.542. The number of ether oxygens (including phenoxy) is 1. The molecule has 102 valence electrons. The van der Waals surface area contributed by atoms with E-state index in [2.05, 4.69) is 37.8 Å². The highest BCUT2D eigenvalue weighted by Gasteiger charge is 2.13. The smallest absolute Gasteiger partial charge is 0.0589 e. The summed E-state index contributed by atoms with van der Waals surface area (Å²) >= 11 is 0. The second-order valence-corrected chi connectivity index (χ2v) is 4.92. The Bertz CT molecular complexity index is 366. The van der Waals surface area contributed by atoms with Crippen LogP contribution in [0.2, 0.25) is 0 Å². The lowest BCUT2D eigenvalue weighted by Crippen LogP contribution is -2.35. The Labute approximate surface area is 111 Å². The lowest BCUT2D eigenvalue weighted by Gasteiger charge is -2.28. The Hall–Kier alpha value is -1.06. The van der Waals surface area contributed by atoms with Crippen molar-refractivity contribution in [3.05, 3.63) is 29.3 Å². The highest BCUT2D eigenvalue weighted by molar-refractivity contribution is 5.48. The van der Waals surface area contributed by atoms with Gasteiger partial charge in [0.15, 0.2) is 0 Å². The zero-order chi connectivity index (χ0) is 13.5. The summed E-state index contributed by atoms with van der Waals surface area (Å²) in [6.45, 7) is 9.16. The number of hydrogen-bond acceptors (Lipinski definition) is 3. The predicted octanol–water partition coefficient (Wildman–Crippen LogP) is 2.82. The standard InChI is InChI=1S/C15H26N2O/c1-5-13(3)17(8-9-18-4)11-14-10-12(2)6-7-15(14)16/h6-7,10,13H,5,8-9,11,16H2,1-4H3. The van der Waals surface area contributed by atoms with Crippen molar-refractivity contribution in [2.45, 2.75) is 39.8 Å². The van der Waals surface area contributed by atoms with Gasteiger partial charge >= 0.3 is 0 Å². The van der Waals surface area contributed by atoms with Crippen LogP contribution in [0, 0.1) is 6.92 Å². The number of hydrogen-bond donors (Lipinski definition) is 1. The van der Waals surface area contributed by atoms with Crippen molar-refractivity contribution in [3.63, 3.8) is 0 Å². The summed E-state index contributed by atoms with van der Waals surface area (Å²) in [6.07, 6.45) is 1.13. The fourth-order valence-electron chi connectivity index (χ4n) is 2.01. The van der Waals surface area contributed by atoms with Gasteiger partial charge in [-0.25, -0.2) is 0 Å². The van der Waals surface area contributed by atoms with Crippen molar-refractivity contribution >= 4 is 5.69 Å². The molecule has 0 heterocycles.